The lowest BCUT2D eigenvalue weighted by Gasteiger charge is -2.18. The number of amidine groups is 1. The van der Waals surface area contributed by atoms with Crippen LogP contribution in [0.2, 0.25) is 0 Å². The molecule has 6 nitrogen and oxygen atoms in total. The molecule has 0 radical (unpaired) electrons. The lowest BCUT2D eigenvalue weighted by molar-refractivity contribution is 0.279. The number of hydrogen-bond acceptors (Lipinski definition) is 6. The number of hydrogen-bond donors (Lipinski definition) is 2. The number of rotatable bonds is 11. The van der Waals surface area contributed by atoms with E-state index in [1.165, 1.54) is 37.1 Å². The van der Waals surface area contributed by atoms with Gasteiger partial charge in [-0.2, -0.15) is 0 Å². The van der Waals surface area contributed by atoms with E-state index in [0.29, 0.717) is 24.7 Å². The van der Waals surface area contributed by atoms with Crippen molar-refractivity contribution in [3.05, 3.63) is 64.5 Å². The van der Waals surface area contributed by atoms with Gasteiger partial charge in [0.1, 0.15) is 11.5 Å². The molecule has 7 heteroatoms. The fraction of sp³-hybridized carbons (Fsp3) is 0.407. The van der Waals surface area contributed by atoms with Crippen LogP contribution in [-0.2, 0) is 0 Å². The summed E-state index contributed by atoms with van der Waals surface area (Å²) in [6.07, 6.45) is 9.59. The maximum atomic E-state index is 8.70. The lowest BCUT2D eigenvalue weighted by atomic mass is 9.90. The van der Waals surface area contributed by atoms with Crippen LogP contribution in [0.3, 0.4) is 0 Å². The van der Waals surface area contributed by atoms with Crippen LogP contribution in [0.4, 0.5) is 0 Å². The van der Waals surface area contributed by atoms with Crippen molar-refractivity contribution in [1.82, 2.24) is 4.98 Å². The molecule has 1 heterocycles. The van der Waals surface area contributed by atoms with Crippen molar-refractivity contribution in [3.8, 4) is 22.8 Å². The van der Waals surface area contributed by atoms with Crippen molar-refractivity contribution in [1.29, 1.82) is 0 Å². The summed E-state index contributed by atoms with van der Waals surface area (Å²) in [5, 5.41) is 15.2. The average Bonchev–Trinajstić information content (AvgIpc) is 3.39. The van der Waals surface area contributed by atoms with Crippen LogP contribution < -0.4 is 15.2 Å². The second kappa shape index (κ2) is 12.4. The van der Waals surface area contributed by atoms with Gasteiger partial charge in [0.2, 0.25) is 0 Å². The lowest BCUT2D eigenvalue weighted by Crippen LogP contribution is -2.12. The van der Waals surface area contributed by atoms with Crippen LogP contribution >= 0.6 is 11.3 Å². The molecule has 0 aliphatic heterocycles. The van der Waals surface area contributed by atoms with Crippen molar-refractivity contribution in [2.24, 2.45) is 10.9 Å². The van der Waals surface area contributed by atoms with Gasteiger partial charge in [0.15, 0.2) is 5.84 Å². The predicted molar refractivity (Wildman–Crippen MR) is 137 cm³/mol. The van der Waals surface area contributed by atoms with Crippen molar-refractivity contribution < 1.29 is 14.7 Å². The van der Waals surface area contributed by atoms with Crippen LogP contribution in [-0.4, -0.2) is 29.2 Å². The van der Waals surface area contributed by atoms with Crippen molar-refractivity contribution >= 4 is 17.2 Å². The van der Waals surface area contributed by atoms with Crippen molar-refractivity contribution in [2.45, 2.75) is 57.3 Å². The molecule has 1 aromatic heterocycles. The van der Waals surface area contributed by atoms with E-state index in [-0.39, 0.29) is 5.84 Å². The predicted octanol–water partition coefficient (Wildman–Crippen LogP) is 6.58. The molecule has 2 aromatic carbocycles. The highest BCUT2D eigenvalue weighted by Crippen LogP contribution is 2.36. The highest BCUT2D eigenvalue weighted by atomic mass is 32.1. The number of ether oxygens (including phenoxy) is 2. The molecule has 4 rings (SSSR count). The molecule has 0 atom stereocenters. The Hall–Kier alpha value is -3.06. The van der Waals surface area contributed by atoms with Crippen LogP contribution in [0, 0.1) is 0 Å². The van der Waals surface area contributed by atoms with Gasteiger partial charge in [-0.05, 0) is 80.6 Å². The molecule has 0 amide bonds. The highest BCUT2D eigenvalue weighted by molar-refractivity contribution is 7.10. The maximum absolute atomic E-state index is 8.70. The summed E-state index contributed by atoms with van der Waals surface area (Å²) < 4.78 is 11.7. The van der Waals surface area contributed by atoms with Crippen molar-refractivity contribution in [2.75, 3.05) is 13.2 Å². The molecule has 3 N–H and O–H groups in total. The molecule has 0 bridgehead atoms. The smallest absolute Gasteiger partial charge is 0.170 e. The average molecular weight is 480 g/mol. The first-order valence-electron chi connectivity index (χ1n) is 12.1. The molecule has 1 aliphatic carbocycles. The molecule has 0 unspecified atom stereocenters. The van der Waals surface area contributed by atoms with E-state index in [0.717, 1.165) is 42.0 Å². The number of thiazole rings is 1. The quantitative estimate of drug-likeness (QED) is 0.107. The minimum atomic E-state index is 0.0909. The number of oxime groups is 1. The molecule has 1 saturated carbocycles. The van der Waals surface area contributed by atoms with Gasteiger partial charge in [0, 0.05) is 22.4 Å². The standard InChI is InChI=1S/C27H33N3O3S/c28-26(30-31)21-11-15-24(16-12-21)33-18-6-2-5-17-32-23-13-9-20(10-14-23)25-19-34-27(29-25)22-7-3-1-4-8-22/h9-16,19,22,31H,1-8,17-18H2,(H2,28,30). The summed E-state index contributed by atoms with van der Waals surface area (Å²) in [5.74, 6) is 2.42. The van der Waals surface area contributed by atoms with Gasteiger partial charge in [0.05, 0.1) is 23.9 Å². The third-order valence-electron chi connectivity index (χ3n) is 6.21. The van der Waals surface area contributed by atoms with Gasteiger partial charge in [-0.3, -0.25) is 0 Å². The molecule has 0 spiro atoms. The third kappa shape index (κ3) is 6.73. The molecule has 1 aliphatic rings. The Morgan fingerprint density at radius 3 is 2.15 bits per heavy atom. The summed E-state index contributed by atoms with van der Waals surface area (Å²) in [4.78, 5) is 4.92. The number of aromatic nitrogens is 1. The first-order valence-corrected chi connectivity index (χ1v) is 13.0. The normalized spacial score (nSPS) is 14.8. The molecular formula is C27H33N3O3S. The number of nitrogens with zero attached hydrogens (tertiary/aromatic N) is 2. The Balaban J connectivity index is 1.12. The molecule has 180 valence electrons. The van der Waals surface area contributed by atoms with Gasteiger partial charge in [-0.1, -0.05) is 24.4 Å². The van der Waals surface area contributed by atoms with Crippen LogP contribution in [0.1, 0.15) is 67.9 Å². The zero-order valence-electron chi connectivity index (χ0n) is 19.5. The number of nitrogens with two attached hydrogens (primary N) is 1. The molecule has 1 fully saturated rings. The molecule has 34 heavy (non-hydrogen) atoms. The molecule has 3 aromatic rings. The van der Waals surface area contributed by atoms with E-state index >= 15 is 0 Å². The Kier molecular flexibility index (Phi) is 8.79. The van der Waals surface area contributed by atoms with Crippen LogP contribution in [0.15, 0.2) is 59.1 Å². The van der Waals surface area contributed by atoms with E-state index in [2.05, 4.69) is 22.7 Å². The van der Waals surface area contributed by atoms with Crippen molar-refractivity contribution in [3.63, 3.8) is 0 Å². The van der Waals surface area contributed by atoms with E-state index < -0.39 is 0 Å². The summed E-state index contributed by atoms with van der Waals surface area (Å²) in [6.45, 7) is 1.34. The van der Waals surface area contributed by atoms with Gasteiger partial charge < -0.3 is 20.4 Å². The monoisotopic (exact) mass is 479 g/mol. The Morgan fingerprint density at radius 1 is 0.912 bits per heavy atom. The Morgan fingerprint density at radius 2 is 1.53 bits per heavy atom. The summed E-state index contributed by atoms with van der Waals surface area (Å²) in [5.41, 5.74) is 8.46. The summed E-state index contributed by atoms with van der Waals surface area (Å²) in [7, 11) is 0. The topological polar surface area (TPSA) is 90.0 Å². The first-order chi connectivity index (χ1) is 16.7. The summed E-state index contributed by atoms with van der Waals surface area (Å²) >= 11 is 1.81. The highest BCUT2D eigenvalue weighted by Gasteiger charge is 2.19. The van der Waals surface area contributed by atoms with E-state index in [1.54, 1.807) is 12.1 Å². The van der Waals surface area contributed by atoms with Gasteiger partial charge >= 0.3 is 0 Å². The Labute approximate surface area is 205 Å². The minimum Gasteiger partial charge on any atom is -0.494 e. The molecular weight excluding hydrogens is 446 g/mol. The van der Waals surface area contributed by atoms with E-state index in [9.17, 15) is 0 Å². The second-order valence-electron chi connectivity index (χ2n) is 8.70. The summed E-state index contributed by atoms with van der Waals surface area (Å²) in [6, 6.07) is 15.5. The maximum Gasteiger partial charge on any atom is 0.170 e. The third-order valence-corrected chi connectivity index (χ3v) is 7.22. The van der Waals surface area contributed by atoms with Crippen LogP contribution in [0.5, 0.6) is 11.5 Å². The van der Waals surface area contributed by atoms with Gasteiger partial charge in [-0.15, -0.1) is 11.3 Å². The number of unbranched alkanes of at least 4 members (excludes halogenated alkanes) is 2. The zero-order chi connectivity index (χ0) is 23.6. The second-order valence-corrected chi connectivity index (χ2v) is 9.59. The Bertz CT molecular complexity index is 1040. The SMILES string of the molecule is N/C(=N\O)c1ccc(OCCCCCOc2ccc(-c3csc(C4CCCCC4)n3)cc2)cc1. The van der Waals surface area contributed by atoms with Gasteiger partial charge in [-0.25, -0.2) is 4.98 Å². The first kappa shape index (κ1) is 24.1. The van der Waals surface area contributed by atoms with Gasteiger partial charge in [0.25, 0.3) is 0 Å². The zero-order valence-corrected chi connectivity index (χ0v) is 20.3. The minimum absolute atomic E-state index is 0.0909. The van der Waals surface area contributed by atoms with Crippen LogP contribution in [0.25, 0.3) is 11.3 Å². The fourth-order valence-electron chi connectivity index (χ4n) is 4.22. The van der Waals surface area contributed by atoms with E-state index in [1.807, 2.05) is 35.6 Å². The van der Waals surface area contributed by atoms with E-state index in [4.69, 9.17) is 25.4 Å². The molecule has 0 saturated heterocycles. The number of benzene rings is 2. The largest absolute Gasteiger partial charge is 0.494 e. The fourth-order valence-corrected chi connectivity index (χ4v) is 5.22.